The summed E-state index contributed by atoms with van der Waals surface area (Å²) in [5, 5.41) is 11.0. The lowest BCUT2D eigenvalue weighted by Crippen LogP contribution is -2.43. The summed E-state index contributed by atoms with van der Waals surface area (Å²) in [4.78, 5) is 9.11. The quantitative estimate of drug-likeness (QED) is 0.593. The van der Waals surface area contributed by atoms with Crippen LogP contribution in [-0.2, 0) is 11.3 Å². The van der Waals surface area contributed by atoms with Crippen molar-refractivity contribution in [1.29, 1.82) is 0 Å². The maximum absolute atomic E-state index is 5.15. The van der Waals surface area contributed by atoms with Crippen LogP contribution in [0.3, 0.4) is 0 Å². The molecule has 0 amide bonds. The molecule has 0 aromatic carbocycles. The third-order valence-corrected chi connectivity index (χ3v) is 3.60. The van der Waals surface area contributed by atoms with Crippen molar-refractivity contribution in [3.05, 3.63) is 41.3 Å². The number of pyridine rings is 1. The number of aryl methyl sites for hydroxylation is 2. The van der Waals surface area contributed by atoms with Gasteiger partial charge in [-0.1, -0.05) is 6.07 Å². The van der Waals surface area contributed by atoms with Crippen LogP contribution < -0.4 is 10.6 Å². The lowest BCUT2D eigenvalue weighted by Gasteiger charge is -2.17. The van der Waals surface area contributed by atoms with Gasteiger partial charge in [0.1, 0.15) is 0 Å². The highest BCUT2D eigenvalue weighted by atomic mass is 16.5. The fourth-order valence-corrected chi connectivity index (χ4v) is 2.51. The van der Waals surface area contributed by atoms with Crippen molar-refractivity contribution in [3.8, 4) is 5.82 Å². The Morgan fingerprint density at radius 2 is 2.16 bits per heavy atom. The highest BCUT2D eigenvalue weighted by molar-refractivity contribution is 5.80. The third-order valence-electron chi connectivity index (χ3n) is 3.60. The van der Waals surface area contributed by atoms with Crippen LogP contribution in [0.5, 0.6) is 0 Å². The highest BCUT2D eigenvalue weighted by Gasteiger charge is 2.06. The Kier molecular flexibility index (Phi) is 6.94. The first kappa shape index (κ1) is 18.9. The molecule has 2 N–H and O–H groups in total. The molecule has 2 aromatic rings. The number of rotatable bonds is 7. The second kappa shape index (κ2) is 9.17. The van der Waals surface area contributed by atoms with E-state index in [-0.39, 0.29) is 6.04 Å². The van der Waals surface area contributed by atoms with Crippen molar-refractivity contribution in [2.24, 2.45) is 4.99 Å². The average molecular weight is 344 g/mol. The van der Waals surface area contributed by atoms with E-state index in [1.165, 1.54) is 0 Å². The van der Waals surface area contributed by atoms with E-state index in [0.29, 0.717) is 13.2 Å². The van der Waals surface area contributed by atoms with Gasteiger partial charge in [-0.05, 0) is 45.4 Å². The third kappa shape index (κ3) is 5.56. The summed E-state index contributed by atoms with van der Waals surface area (Å²) in [6.45, 7) is 10.1. The smallest absolute Gasteiger partial charge is 0.191 e. The predicted octanol–water partition coefficient (Wildman–Crippen LogP) is 1.97. The maximum atomic E-state index is 5.15. The van der Waals surface area contributed by atoms with Gasteiger partial charge < -0.3 is 15.4 Å². The molecule has 2 heterocycles. The molecule has 0 aliphatic rings. The number of aliphatic imine (C=N–C) groups is 1. The van der Waals surface area contributed by atoms with Crippen LogP contribution in [-0.4, -0.2) is 47.0 Å². The van der Waals surface area contributed by atoms with Crippen molar-refractivity contribution in [2.45, 2.75) is 40.3 Å². The van der Waals surface area contributed by atoms with E-state index in [9.17, 15) is 0 Å². The summed E-state index contributed by atoms with van der Waals surface area (Å²) in [6, 6.07) is 6.23. The minimum absolute atomic E-state index is 0.189. The van der Waals surface area contributed by atoms with E-state index in [2.05, 4.69) is 32.6 Å². The van der Waals surface area contributed by atoms with Gasteiger partial charge in [0, 0.05) is 31.6 Å². The monoisotopic (exact) mass is 344 g/mol. The fourth-order valence-electron chi connectivity index (χ4n) is 2.51. The zero-order valence-corrected chi connectivity index (χ0v) is 15.7. The molecule has 136 valence electrons. The molecule has 0 aliphatic heterocycles. The molecule has 0 spiro atoms. The molecule has 25 heavy (non-hydrogen) atoms. The van der Waals surface area contributed by atoms with Crippen molar-refractivity contribution in [1.82, 2.24) is 25.4 Å². The summed E-state index contributed by atoms with van der Waals surface area (Å²) in [6.07, 6.45) is 1.84. The molecular weight excluding hydrogens is 316 g/mol. The Labute approximate surface area is 149 Å². The van der Waals surface area contributed by atoms with Crippen molar-refractivity contribution >= 4 is 5.96 Å². The molecule has 0 radical (unpaired) electrons. The standard InChI is InChI=1S/C18H28N6O/c1-6-19-18(22-14(3)12-25-5)21-11-16-7-8-17(20-10-16)24-15(4)9-13(2)23-24/h7-10,14H,6,11-12H2,1-5H3,(H2,19,21,22). The predicted molar refractivity (Wildman–Crippen MR) is 100 cm³/mol. The van der Waals surface area contributed by atoms with Crippen LogP contribution in [0, 0.1) is 13.8 Å². The zero-order valence-electron chi connectivity index (χ0n) is 15.7. The molecule has 7 nitrogen and oxygen atoms in total. The van der Waals surface area contributed by atoms with Gasteiger partial charge in [0.25, 0.3) is 0 Å². The highest BCUT2D eigenvalue weighted by Crippen LogP contribution is 2.10. The van der Waals surface area contributed by atoms with Crippen LogP contribution in [0.15, 0.2) is 29.4 Å². The van der Waals surface area contributed by atoms with Crippen LogP contribution in [0.4, 0.5) is 0 Å². The van der Waals surface area contributed by atoms with Gasteiger partial charge >= 0.3 is 0 Å². The lowest BCUT2D eigenvalue weighted by atomic mass is 10.3. The number of nitrogens with one attached hydrogen (secondary N) is 2. The van der Waals surface area contributed by atoms with Crippen LogP contribution in [0.25, 0.3) is 5.82 Å². The number of hydrogen-bond acceptors (Lipinski definition) is 4. The Hall–Kier alpha value is -2.41. The summed E-state index contributed by atoms with van der Waals surface area (Å²) in [5.74, 6) is 1.59. The first-order chi connectivity index (χ1) is 12.0. The molecule has 0 fully saturated rings. The van der Waals surface area contributed by atoms with E-state index < -0.39 is 0 Å². The SMILES string of the molecule is CCNC(=NCc1ccc(-n2nc(C)cc2C)nc1)NC(C)COC. The molecule has 2 aromatic heterocycles. The van der Waals surface area contributed by atoms with Crippen molar-refractivity contribution < 1.29 is 4.74 Å². The van der Waals surface area contributed by atoms with Crippen LogP contribution in [0.2, 0.25) is 0 Å². The topological polar surface area (TPSA) is 76.4 Å². The lowest BCUT2D eigenvalue weighted by molar-refractivity contribution is 0.179. The first-order valence-corrected chi connectivity index (χ1v) is 8.55. The van der Waals surface area contributed by atoms with Crippen LogP contribution >= 0.6 is 0 Å². The molecule has 0 bridgehead atoms. The van der Waals surface area contributed by atoms with Gasteiger partial charge in [-0.15, -0.1) is 0 Å². The molecule has 1 unspecified atom stereocenters. The molecule has 0 saturated carbocycles. The average Bonchev–Trinajstić information content (AvgIpc) is 2.92. The summed E-state index contributed by atoms with van der Waals surface area (Å²) in [7, 11) is 1.69. The molecule has 0 aliphatic carbocycles. The summed E-state index contributed by atoms with van der Waals surface area (Å²) < 4.78 is 7.00. The Bertz CT molecular complexity index is 692. The number of guanidine groups is 1. The van der Waals surface area contributed by atoms with E-state index in [4.69, 9.17) is 4.74 Å². The first-order valence-electron chi connectivity index (χ1n) is 8.55. The Morgan fingerprint density at radius 1 is 1.36 bits per heavy atom. The molecule has 0 saturated heterocycles. The molecule has 7 heteroatoms. The Morgan fingerprint density at radius 3 is 2.72 bits per heavy atom. The fraction of sp³-hybridized carbons (Fsp3) is 0.500. The van der Waals surface area contributed by atoms with Crippen LogP contribution in [0.1, 0.15) is 30.8 Å². The van der Waals surface area contributed by atoms with E-state index in [0.717, 1.165) is 35.3 Å². The Balaban J connectivity index is 2.04. The van der Waals surface area contributed by atoms with Crippen molar-refractivity contribution in [3.63, 3.8) is 0 Å². The normalized spacial score (nSPS) is 12.9. The minimum Gasteiger partial charge on any atom is -0.383 e. The number of nitrogens with zero attached hydrogens (tertiary/aromatic N) is 4. The van der Waals surface area contributed by atoms with Gasteiger partial charge in [0.05, 0.1) is 18.8 Å². The van der Waals surface area contributed by atoms with Gasteiger partial charge in [0.15, 0.2) is 11.8 Å². The molecule has 2 rings (SSSR count). The number of ether oxygens (including phenoxy) is 1. The summed E-state index contributed by atoms with van der Waals surface area (Å²) in [5.41, 5.74) is 3.10. The van der Waals surface area contributed by atoms with Crippen molar-refractivity contribution in [2.75, 3.05) is 20.3 Å². The number of hydrogen-bond donors (Lipinski definition) is 2. The summed E-state index contributed by atoms with van der Waals surface area (Å²) >= 11 is 0. The van der Waals surface area contributed by atoms with E-state index in [1.807, 2.05) is 49.8 Å². The van der Waals surface area contributed by atoms with Gasteiger partial charge in [-0.2, -0.15) is 5.10 Å². The second-order valence-corrected chi connectivity index (χ2v) is 6.06. The molecule has 1 atom stereocenters. The largest absolute Gasteiger partial charge is 0.383 e. The van der Waals surface area contributed by atoms with E-state index >= 15 is 0 Å². The second-order valence-electron chi connectivity index (χ2n) is 6.06. The van der Waals surface area contributed by atoms with Gasteiger partial charge in [-0.25, -0.2) is 14.7 Å². The van der Waals surface area contributed by atoms with Gasteiger partial charge in [-0.3, -0.25) is 0 Å². The number of methoxy groups -OCH3 is 1. The minimum atomic E-state index is 0.189. The van der Waals surface area contributed by atoms with E-state index in [1.54, 1.807) is 7.11 Å². The number of aromatic nitrogens is 3. The maximum Gasteiger partial charge on any atom is 0.191 e. The zero-order chi connectivity index (χ0) is 18.2. The van der Waals surface area contributed by atoms with Gasteiger partial charge in [0.2, 0.25) is 0 Å². The molecular formula is C18H28N6O.